The smallest absolute Gasteiger partial charge is 0.191 e. The van der Waals surface area contributed by atoms with Crippen molar-refractivity contribution in [2.45, 2.75) is 67.7 Å². The lowest BCUT2D eigenvalue weighted by molar-refractivity contribution is -0.0629. The van der Waals surface area contributed by atoms with Crippen LogP contribution in [0.2, 0.25) is 0 Å². The molecule has 2 aliphatic rings. The molecule has 9 nitrogen and oxygen atoms in total. The standard InChI is InChI=1S/C23H29F2N5O4S/c1-2-7-35-23-27-21(26-15-9-12(15)11-3-4-13(24)14(25)8-11)18-22(28-23)30(29-18)16-10-17(34-6-5-31)20(33)19(16)32/h3-4,8,12,15-17,19-20,29,31-33H,2,5-7,9-10H2,1H3,(H,26,27,28)/t12-,15+,16+,17-,19-,20+/m0/s1. The van der Waals surface area contributed by atoms with Gasteiger partial charge in [0.25, 0.3) is 0 Å². The van der Waals surface area contributed by atoms with Crippen molar-refractivity contribution in [1.29, 1.82) is 0 Å². The van der Waals surface area contributed by atoms with Crippen LogP contribution in [0.5, 0.6) is 0 Å². The predicted octanol–water partition coefficient (Wildman–Crippen LogP) is 2.55. The molecule has 2 heterocycles. The number of hydrogen-bond acceptors (Lipinski definition) is 8. The minimum absolute atomic E-state index is 0.0221. The first-order chi connectivity index (χ1) is 16.9. The molecule has 0 amide bonds. The zero-order valence-corrected chi connectivity index (χ0v) is 20.0. The van der Waals surface area contributed by atoms with E-state index in [1.807, 2.05) is 0 Å². The third kappa shape index (κ3) is 4.77. The van der Waals surface area contributed by atoms with Gasteiger partial charge in [0.1, 0.15) is 17.7 Å². The minimum atomic E-state index is -1.07. The number of H-pyrrole nitrogens is 1. The number of aliphatic hydroxyl groups is 3. The molecule has 2 aromatic heterocycles. The molecule has 5 rings (SSSR count). The molecule has 0 saturated heterocycles. The Bertz CT molecular complexity index is 1190. The number of aliphatic hydroxyl groups excluding tert-OH is 3. The molecular formula is C23H29F2N5O4S. The molecule has 0 bridgehead atoms. The fraction of sp³-hybridized carbons (Fsp3) is 0.565. The van der Waals surface area contributed by atoms with Gasteiger partial charge in [0.2, 0.25) is 0 Å². The number of halogens is 2. The molecule has 0 aliphatic heterocycles. The highest BCUT2D eigenvalue weighted by Gasteiger charge is 2.45. The summed E-state index contributed by atoms with van der Waals surface area (Å²) >= 11 is 1.52. The van der Waals surface area contributed by atoms with Crippen molar-refractivity contribution in [2.75, 3.05) is 24.3 Å². The van der Waals surface area contributed by atoms with Gasteiger partial charge in [0.05, 0.1) is 25.4 Å². The lowest BCUT2D eigenvalue weighted by Gasteiger charge is -2.26. The van der Waals surface area contributed by atoms with E-state index in [9.17, 15) is 19.0 Å². The van der Waals surface area contributed by atoms with Crippen molar-refractivity contribution in [2.24, 2.45) is 0 Å². The Labute approximate surface area is 204 Å². The van der Waals surface area contributed by atoms with Gasteiger partial charge >= 0.3 is 0 Å². The van der Waals surface area contributed by atoms with Gasteiger partial charge in [0, 0.05) is 24.1 Å². The number of rotatable bonds is 10. The van der Waals surface area contributed by atoms with E-state index >= 15 is 0 Å². The van der Waals surface area contributed by atoms with Gasteiger partial charge in [-0.1, -0.05) is 24.8 Å². The summed E-state index contributed by atoms with van der Waals surface area (Å²) in [7, 11) is 0. The van der Waals surface area contributed by atoms with Crippen LogP contribution in [0.1, 0.15) is 43.7 Å². The third-order valence-corrected chi connectivity index (χ3v) is 7.66. The molecule has 2 fully saturated rings. The van der Waals surface area contributed by atoms with Gasteiger partial charge in [0.15, 0.2) is 28.3 Å². The van der Waals surface area contributed by atoms with E-state index in [1.54, 1.807) is 10.7 Å². The van der Waals surface area contributed by atoms with Crippen LogP contribution in [0.25, 0.3) is 11.2 Å². The molecule has 1 aromatic carbocycles. The zero-order valence-electron chi connectivity index (χ0n) is 19.2. The number of thioether (sulfide) groups is 1. The highest BCUT2D eigenvalue weighted by Crippen LogP contribution is 2.44. The zero-order chi connectivity index (χ0) is 24.7. The fourth-order valence-corrected chi connectivity index (χ4v) is 5.36. The lowest BCUT2D eigenvalue weighted by Crippen LogP contribution is -2.34. The van der Waals surface area contributed by atoms with Crippen molar-refractivity contribution in [3.63, 3.8) is 0 Å². The molecule has 5 N–H and O–H groups in total. The Morgan fingerprint density at radius 1 is 1.20 bits per heavy atom. The van der Waals surface area contributed by atoms with E-state index in [-0.39, 0.29) is 25.2 Å². The maximum absolute atomic E-state index is 13.7. The van der Waals surface area contributed by atoms with Gasteiger partial charge in [-0.3, -0.25) is 9.78 Å². The van der Waals surface area contributed by atoms with Gasteiger partial charge < -0.3 is 25.4 Å². The quantitative estimate of drug-likeness (QED) is 0.208. The number of fused-ring (bicyclic) bond motifs is 1. The highest BCUT2D eigenvalue weighted by atomic mass is 32.2. The van der Waals surface area contributed by atoms with E-state index in [4.69, 9.17) is 9.84 Å². The summed E-state index contributed by atoms with van der Waals surface area (Å²) in [6.45, 7) is 1.99. The first kappa shape index (κ1) is 24.4. The average Bonchev–Trinajstić information content (AvgIpc) is 3.54. The van der Waals surface area contributed by atoms with Gasteiger partial charge in [-0.2, -0.15) is 0 Å². The number of ether oxygens (including phenoxy) is 1. The van der Waals surface area contributed by atoms with Crippen LogP contribution in [0.15, 0.2) is 23.4 Å². The second-order valence-electron chi connectivity index (χ2n) is 9.07. The van der Waals surface area contributed by atoms with Crippen LogP contribution in [-0.2, 0) is 4.74 Å². The third-order valence-electron chi connectivity index (χ3n) is 6.60. The normalized spacial score (nSPS) is 28.2. The van der Waals surface area contributed by atoms with Crippen molar-refractivity contribution in [3.8, 4) is 0 Å². The molecule has 0 radical (unpaired) electrons. The largest absolute Gasteiger partial charge is 0.394 e. The Morgan fingerprint density at radius 2 is 2.03 bits per heavy atom. The van der Waals surface area contributed by atoms with Crippen molar-refractivity contribution in [1.82, 2.24) is 19.7 Å². The molecule has 190 valence electrons. The SMILES string of the molecule is CCCSc1nc(N[C@@H]2C[C@H]2c2ccc(F)c(F)c2)c2[nH]n([C@@H]3C[C@H](OCCO)[C@@H](O)[C@H]3O)c2n1. The van der Waals surface area contributed by atoms with Crippen molar-refractivity contribution in [3.05, 3.63) is 35.4 Å². The Balaban J connectivity index is 1.38. The summed E-state index contributed by atoms with van der Waals surface area (Å²) in [5, 5.41) is 37.2. The Morgan fingerprint density at radius 3 is 2.77 bits per heavy atom. The summed E-state index contributed by atoms with van der Waals surface area (Å²) in [6, 6.07) is 3.55. The van der Waals surface area contributed by atoms with Gasteiger partial charge in [-0.15, -0.1) is 0 Å². The first-order valence-corrected chi connectivity index (χ1v) is 12.8. The van der Waals surface area contributed by atoms with E-state index in [2.05, 4.69) is 27.3 Å². The average molecular weight is 510 g/mol. The lowest BCUT2D eigenvalue weighted by atomic mass is 10.1. The number of hydrogen-bond donors (Lipinski definition) is 5. The molecule has 2 saturated carbocycles. The second-order valence-corrected chi connectivity index (χ2v) is 10.1. The maximum Gasteiger partial charge on any atom is 0.191 e. The molecule has 0 unspecified atom stereocenters. The Hall–Kier alpha value is -2.25. The molecular weight excluding hydrogens is 480 g/mol. The van der Waals surface area contributed by atoms with Gasteiger partial charge in [-0.25, -0.2) is 18.7 Å². The number of nitrogens with one attached hydrogen (secondary N) is 2. The number of nitrogens with zero attached hydrogens (tertiary/aromatic N) is 3. The number of benzene rings is 1. The Kier molecular flexibility index (Phi) is 6.99. The van der Waals surface area contributed by atoms with Crippen LogP contribution in [0, 0.1) is 11.6 Å². The van der Waals surface area contributed by atoms with E-state index in [1.165, 1.54) is 17.8 Å². The summed E-state index contributed by atoms with van der Waals surface area (Å²) in [5.41, 5.74) is 2.04. The minimum Gasteiger partial charge on any atom is -0.394 e. The number of anilines is 1. The first-order valence-electron chi connectivity index (χ1n) is 11.8. The van der Waals surface area contributed by atoms with E-state index < -0.39 is 36.0 Å². The van der Waals surface area contributed by atoms with Crippen molar-refractivity contribution < 1.29 is 28.8 Å². The fourth-order valence-electron chi connectivity index (χ4n) is 4.66. The highest BCUT2D eigenvalue weighted by molar-refractivity contribution is 7.99. The molecule has 35 heavy (non-hydrogen) atoms. The summed E-state index contributed by atoms with van der Waals surface area (Å²) in [6.07, 6.45) is -0.645. The number of aromatic amines is 1. The predicted molar refractivity (Wildman–Crippen MR) is 127 cm³/mol. The van der Waals surface area contributed by atoms with E-state index in [0.717, 1.165) is 30.2 Å². The summed E-state index contributed by atoms with van der Waals surface area (Å²) in [5.74, 6) is -0.209. The van der Waals surface area contributed by atoms with E-state index in [0.29, 0.717) is 28.6 Å². The molecule has 12 heteroatoms. The van der Waals surface area contributed by atoms with Crippen LogP contribution >= 0.6 is 11.8 Å². The summed E-state index contributed by atoms with van der Waals surface area (Å²) in [4.78, 5) is 9.33. The topological polar surface area (TPSA) is 128 Å². The van der Waals surface area contributed by atoms with Crippen molar-refractivity contribution >= 4 is 28.7 Å². The van der Waals surface area contributed by atoms with Crippen LogP contribution in [0.3, 0.4) is 0 Å². The van der Waals surface area contributed by atoms with Crippen LogP contribution < -0.4 is 5.32 Å². The molecule has 0 spiro atoms. The monoisotopic (exact) mass is 509 g/mol. The molecule has 3 aromatic rings. The molecule has 2 aliphatic carbocycles. The second kappa shape index (κ2) is 10.0. The maximum atomic E-state index is 13.7. The summed E-state index contributed by atoms with van der Waals surface area (Å²) < 4.78 is 34.2. The van der Waals surface area contributed by atoms with Crippen LogP contribution in [-0.4, -0.2) is 78.4 Å². The van der Waals surface area contributed by atoms with Gasteiger partial charge in [-0.05, 0) is 30.5 Å². The molecule has 6 atom stereocenters. The number of aromatic nitrogens is 4. The van der Waals surface area contributed by atoms with Crippen LogP contribution in [0.4, 0.5) is 14.6 Å².